The molecule has 0 bridgehead atoms. The summed E-state index contributed by atoms with van der Waals surface area (Å²) in [6.07, 6.45) is 23.6. The summed E-state index contributed by atoms with van der Waals surface area (Å²) >= 11 is 0. The van der Waals surface area contributed by atoms with Crippen LogP contribution in [0, 0.1) is 0 Å². The van der Waals surface area contributed by atoms with Crippen LogP contribution in [0.4, 0.5) is 0 Å². The molecule has 0 amide bonds. The van der Waals surface area contributed by atoms with E-state index in [1.54, 1.807) is 0 Å². The van der Waals surface area contributed by atoms with Gasteiger partial charge in [0.2, 0.25) is 0 Å². The average molecular weight is 495 g/mol. The van der Waals surface area contributed by atoms with E-state index in [-0.39, 0.29) is 17.7 Å². The van der Waals surface area contributed by atoms with Gasteiger partial charge in [-0.3, -0.25) is 14.5 Å². The summed E-state index contributed by atoms with van der Waals surface area (Å²) in [6.45, 7) is 11.3. The lowest BCUT2D eigenvalue weighted by atomic mass is 9.93. The highest BCUT2D eigenvalue weighted by molar-refractivity contribution is 5.89. The molecule has 0 saturated carbocycles. The summed E-state index contributed by atoms with van der Waals surface area (Å²) in [4.78, 5) is 25.7. The fraction of sp³-hybridized carbons (Fsp3) is 0.867. The lowest BCUT2D eigenvalue weighted by molar-refractivity contribution is -0.137. The number of nitrogens with zero attached hydrogens (tertiary/aromatic N) is 1. The Morgan fingerprint density at radius 1 is 0.800 bits per heavy atom. The van der Waals surface area contributed by atoms with E-state index in [4.69, 9.17) is 5.11 Å². The van der Waals surface area contributed by atoms with E-state index < -0.39 is 11.5 Å². The van der Waals surface area contributed by atoms with Gasteiger partial charge in [0.05, 0.1) is 12.1 Å². The molecule has 0 aliphatic rings. The molecule has 0 rings (SSSR count). The number of carboxylic acid groups (broad SMARTS) is 1. The molecular formula is C30H58N2O3. The number of aliphatic carboxylic acids is 1. The van der Waals surface area contributed by atoms with Gasteiger partial charge in [0, 0.05) is 12.0 Å². The fourth-order valence-corrected chi connectivity index (χ4v) is 4.10. The predicted octanol–water partition coefficient (Wildman–Crippen LogP) is 7.54. The molecule has 0 heterocycles. The van der Waals surface area contributed by atoms with Gasteiger partial charge in [-0.1, -0.05) is 76.9 Å². The molecule has 206 valence electrons. The second-order valence-electron chi connectivity index (χ2n) is 11.5. The molecule has 0 atom stereocenters. The standard InChI is InChI=1S/C30H58N2O3/c1-7-8-9-10-11-12-13-14-15-16-17-18-19-20-21-22-25-31-30(4,5)27(33)26-32(6)29(2,3)24-23-28(34)35/h14-15,31H,7-13,16-26H2,1-6H3,(H,34,35)/b15-14-. The fourth-order valence-electron chi connectivity index (χ4n) is 4.10. The Morgan fingerprint density at radius 2 is 1.29 bits per heavy atom. The maximum absolute atomic E-state index is 12.8. The largest absolute Gasteiger partial charge is 0.481 e. The molecule has 0 spiro atoms. The quantitative estimate of drug-likeness (QED) is 0.107. The number of unbranched alkanes of at least 4 members (excludes halogenated alkanes) is 12. The number of allylic oxidation sites excluding steroid dienone is 2. The highest BCUT2D eigenvalue weighted by atomic mass is 16.4. The minimum Gasteiger partial charge on any atom is -0.481 e. The summed E-state index contributed by atoms with van der Waals surface area (Å²) in [6, 6.07) is 0. The van der Waals surface area contributed by atoms with E-state index in [0.717, 1.165) is 13.0 Å². The maximum Gasteiger partial charge on any atom is 0.303 e. The summed E-state index contributed by atoms with van der Waals surface area (Å²) in [5.74, 6) is -0.650. The van der Waals surface area contributed by atoms with Crippen molar-refractivity contribution in [1.29, 1.82) is 0 Å². The highest BCUT2D eigenvalue weighted by Crippen LogP contribution is 2.20. The second-order valence-corrected chi connectivity index (χ2v) is 11.5. The van der Waals surface area contributed by atoms with E-state index in [0.29, 0.717) is 13.0 Å². The zero-order chi connectivity index (χ0) is 26.6. The molecule has 0 aromatic carbocycles. The lowest BCUT2D eigenvalue weighted by Crippen LogP contribution is -2.53. The van der Waals surface area contributed by atoms with Crippen molar-refractivity contribution in [2.45, 2.75) is 148 Å². The molecule has 0 aromatic rings. The number of carboxylic acids is 1. The first-order chi connectivity index (χ1) is 16.5. The summed E-state index contributed by atoms with van der Waals surface area (Å²) < 4.78 is 0. The first-order valence-corrected chi connectivity index (χ1v) is 14.4. The van der Waals surface area contributed by atoms with Gasteiger partial charge in [-0.15, -0.1) is 0 Å². The van der Waals surface area contributed by atoms with Crippen LogP contribution >= 0.6 is 0 Å². The normalized spacial score (nSPS) is 12.7. The first kappa shape index (κ1) is 33.8. The molecule has 5 heteroatoms. The second kappa shape index (κ2) is 19.9. The lowest BCUT2D eigenvalue weighted by Gasteiger charge is -2.37. The molecule has 5 nitrogen and oxygen atoms in total. The Morgan fingerprint density at radius 3 is 1.80 bits per heavy atom. The molecular weight excluding hydrogens is 436 g/mol. The Bertz CT molecular complexity index is 584. The Balaban J connectivity index is 3.80. The van der Waals surface area contributed by atoms with Crippen LogP contribution in [-0.4, -0.2) is 53.0 Å². The molecule has 0 aromatic heterocycles. The number of hydrogen-bond donors (Lipinski definition) is 2. The van der Waals surface area contributed by atoms with Crippen LogP contribution in [0.5, 0.6) is 0 Å². The Labute approximate surface area is 217 Å². The number of ketones is 1. The van der Waals surface area contributed by atoms with Crippen LogP contribution < -0.4 is 5.32 Å². The van der Waals surface area contributed by atoms with E-state index in [1.165, 1.54) is 83.5 Å². The van der Waals surface area contributed by atoms with Crippen molar-refractivity contribution < 1.29 is 14.7 Å². The zero-order valence-electron chi connectivity index (χ0n) is 24.1. The van der Waals surface area contributed by atoms with Crippen LogP contribution in [-0.2, 0) is 9.59 Å². The van der Waals surface area contributed by atoms with Crippen molar-refractivity contribution in [3.63, 3.8) is 0 Å². The van der Waals surface area contributed by atoms with Gasteiger partial charge in [0.15, 0.2) is 5.78 Å². The minimum atomic E-state index is -0.796. The SMILES string of the molecule is CCCCCCCC/C=C\CCCCCCCCNC(C)(C)C(=O)CN(C)C(C)(C)CCC(=O)O. The maximum atomic E-state index is 12.8. The monoisotopic (exact) mass is 494 g/mol. The zero-order valence-corrected chi connectivity index (χ0v) is 24.1. The van der Waals surface area contributed by atoms with Gasteiger partial charge in [0.1, 0.15) is 0 Å². The highest BCUT2D eigenvalue weighted by Gasteiger charge is 2.32. The molecule has 0 fully saturated rings. The third kappa shape index (κ3) is 18.7. The van der Waals surface area contributed by atoms with Crippen molar-refractivity contribution in [2.24, 2.45) is 0 Å². The van der Waals surface area contributed by atoms with Gasteiger partial charge in [-0.05, 0) is 79.8 Å². The number of hydrogen-bond acceptors (Lipinski definition) is 4. The van der Waals surface area contributed by atoms with E-state index >= 15 is 0 Å². The van der Waals surface area contributed by atoms with E-state index in [1.807, 2.05) is 39.6 Å². The van der Waals surface area contributed by atoms with Gasteiger partial charge >= 0.3 is 5.97 Å². The molecule has 0 radical (unpaired) electrons. The van der Waals surface area contributed by atoms with Gasteiger partial charge < -0.3 is 10.4 Å². The molecule has 0 saturated heterocycles. The van der Waals surface area contributed by atoms with Crippen LogP contribution in [0.2, 0.25) is 0 Å². The smallest absolute Gasteiger partial charge is 0.303 e. The van der Waals surface area contributed by atoms with Crippen LogP contribution in [0.25, 0.3) is 0 Å². The summed E-state index contributed by atoms with van der Waals surface area (Å²) in [5.41, 5.74) is -0.896. The molecule has 2 N–H and O–H groups in total. The number of carbonyl (C=O) groups excluding carboxylic acids is 1. The molecule has 0 unspecified atom stereocenters. The number of likely N-dealkylation sites (N-methyl/N-ethyl adjacent to an activating group) is 1. The van der Waals surface area contributed by atoms with E-state index in [9.17, 15) is 9.59 Å². The summed E-state index contributed by atoms with van der Waals surface area (Å²) in [7, 11) is 1.90. The number of carbonyl (C=O) groups is 2. The van der Waals surface area contributed by atoms with Crippen LogP contribution in [0.3, 0.4) is 0 Å². The Hall–Kier alpha value is -1.20. The minimum absolute atomic E-state index is 0.114. The number of Topliss-reactive ketones (excluding diaryl/α,β-unsaturated/α-hetero) is 1. The van der Waals surface area contributed by atoms with Gasteiger partial charge in [-0.25, -0.2) is 0 Å². The molecule has 0 aliphatic carbocycles. The van der Waals surface area contributed by atoms with Gasteiger partial charge in [0.25, 0.3) is 0 Å². The van der Waals surface area contributed by atoms with Crippen molar-refractivity contribution in [1.82, 2.24) is 10.2 Å². The van der Waals surface area contributed by atoms with Crippen molar-refractivity contribution >= 4 is 11.8 Å². The van der Waals surface area contributed by atoms with Crippen molar-refractivity contribution in [3.8, 4) is 0 Å². The van der Waals surface area contributed by atoms with Crippen molar-refractivity contribution in [3.05, 3.63) is 12.2 Å². The number of nitrogens with one attached hydrogen (secondary N) is 1. The third-order valence-electron chi connectivity index (χ3n) is 7.32. The molecule has 35 heavy (non-hydrogen) atoms. The topological polar surface area (TPSA) is 69.6 Å². The molecule has 0 aliphatic heterocycles. The third-order valence-corrected chi connectivity index (χ3v) is 7.32. The predicted molar refractivity (Wildman–Crippen MR) is 150 cm³/mol. The summed E-state index contributed by atoms with van der Waals surface area (Å²) in [5, 5.41) is 12.4. The van der Waals surface area contributed by atoms with Gasteiger partial charge in [-0.2, -0.15) is 0 Å². The van der Waals surface area contributed by atoms with E-state index in [2.05, 4.69) is 24.4 Å². The van der Waals surface area contributed by atoms with Crippen LogP contribution in [0.15, 0.2) is 12.2 Å². The average Bonchev–Trinajstić information content (AvgIpc) is 2.79. The number of rotatable bonds is 24. The van der Waals surface area contributed by atoms with Crippen LogP contribution in [0.1, 0.15) is 137 Å². The first-order valence-electron chi connectivity index (χ1n) is 14.4. The Kier molecular flexibility index (Phi) is 19.2. The van der Waals surface area contributed by atoms with Crippen molar-refractivity contribution in [2.75, 3.05) is 20.1 Å².